The molecule has 0 saturated heterocycles. The first-order valence-corrected chi connectivity index (χ1v) is 8.12. The average Bonchev–Trinajstić information content (AvgIpc) is 2.73. The number of rotatable bonds is 6. The van der Waals surface area contributed by atoms with Crippen molar-refractivity contribution in [2.75, 3.05) is 17.7 Å². The quantitative estimate of drug-likeness (QED) is 0.648. The van der Waals surface area contributed by atoms with Crippen LogP contribution >= 0.6 is 0 Å². The van der Waals surface area contributed by atoms with Gasteiger partial charge in [-0.25, -0.2) is 14.8 Å². The van der Waals surface area contributed by atoms with E-state index in [2.05, 4.69) is 25.6 Å². The lowest BCUT2D eigenvalue weighted by Gasteiger charge is -2.10. The molecule has 27 heavy (non-hydrogen) atoms. The summed E-state index contributed by atoms with van der Waals surface area (Å²) in [5.41, 5.74) is 1.79. The number of hydrogen-bond acceptors (Lipinski definition) is 7. The number of carbonyl (C=O) groups excluding carboxylic acids is 2. The lowest BCUT2D eigenvalue weighted by molar-refractivity contribution is 0.0602. The number of carbonyl (C=O) groups is 2. The first-order chi connectivity index (χ1) is 13.2. The minimum atomic E-state index is -0.534. The summed E-state index contributed by atoms with van der Waals surface area (Å²) in [5, 5.41) is 5.73. The summed E-state index contributed by atoms with van der Waals surface area (Å²) < 4.78 is 4.73. The fourth-order valence-electron chi connectivity index (χ4n) is 2.32. The number of methoxy groups -OCH3 is 1. The Morgan fingerprint density at radius 3 is 2.59 bits per heavy atom. The van der Waals surface area contributed by atoms with Gasteiger partial charge in [0.1, 0.15) is 5.69 Å². The highest BCUT2D eigenvalue weighted by molar-refractivity contribution is 6.07. The Morgan fingerprint density at radius 1 is 1.04 bits per heavy atom. The lowest BCUT2D eigenvalue weighted by atomic mass is 10.1. The van der Waals surface area contributed by atoms with Crippen LogP contribution in [0.5, 0.6) is 0 Å². The first-order valence-electron chi connectivity index (χ1n) is 8.12. The van der Waals surface area contributed by atoms with Crippen molar-refractivity contribution in [3.63, 3.8) is 0 Å². The standard InChI is InChI=1S/C19H17N5O3/c1-27-18(26)14-4-2-3-5-15(14)23-17(25)16-8-11-21-19(24-16)22-12-13-6-9-20-10-7-13/h2-11H,12H2,1H3,(H,23,25)(H,21,22,24). The zero-order valence-corrected chi connectivity index (χ0v) is 14.5. The van der Waals surface area contributed by atoms with Gasteiger partial charge in [-0.3, -0.25) is 9.78 Å². The molecule has 1 aromatic carbocycles. The summed E-state index contributed by atoms with van der Waals surface area (Å²) in [7, 11) is 1.28. The van der Waals surface area contributed by atoms with E-state index in [-0.39, 0.29) is 11.3 Å². The molecular formula is C19H17N5O3. The molecule has 0 saturated carbocycles. The Hall–Kier alpha value is -3.81. The van der Waals surface area contributed by atoms with Crippen molar-refractivity contribution >= 4 is 23.5 Å². The van der Waals surface area contributed by atoms with Crippen LogP contribution in [0, 0.1) is 0 Å². The number of benzene rings is 1. The van der Waals surface area contributed by atoms with E-state index in [0.29, 0.717) is 18.2 Å². The molecule has 0 aliphatic carbocycles. The molecule has 0 aliphatic rings. The summed E-state index contributed by atoms with van der Waals surface area (Å²) in [5.74, 6) is -0.672. The van der Waals surface area contributed by atoms with Crippen LogP contribution in [0.1, 0.15) is 26.4 Å². The number of esters is 1. The van der Waals surface area contributed by atoms with E-state index < -0.39 is 11.9 Å². The minimum Gasteiger partial charge on any atom is -0.465 e. The number of aromatic nitrogens is 3. The van der Waals surface area contributed by atoms with Gasteiger partial charge < -0.3 is 15.4 Å². The van der Waals surface area contributed by atoms with Crippen molar-refractivity contribution in [2.45, 2.75) is 6.54 Å². The molecule has 0 fully saturated rings. The molecular weight excluding hydrogens is 346 g/mol. The van der Waals surface area contributed by atoms with E-state index in [1.54, 1.807) is 36.7 Å². The molecule has 0 aliphatic heterocycles. The average molecular weight is 363 g/mol. The Labute approximate surface area is 155 Å². The highest BCUT2D eigenvalue weighted by atomic mass is 16.5. The second-order valence-corrected chi connectivity index (χ2v) is 5.47. The van der Waals surface area contributed by atoms with Crippen molar-refractivity contribution in [3.8, 4) is 0 Å². The number of pyridine rings is 1. The van der Waals surface area contributed by atoms with E-state index in [0.717, 1.165) is 5.56 Å². The zero-order valence-electron chi connectivity index (χ0n) is 14.5. The largest absolute Gasteiger partial charge is 0.465 e. The highest BCUT2D eigenvalue weighted by Crippen LogP contribution is 2.17. The van der Waals surface area contributed by atoms with Gasteiger partial charge in [-0.1, -0.05) is 12.1 Å². The fraction of sp³-hybridized carbons (Fsp3) is 0.105. The van der Waals surface area contributed by atoms with Gasteiger partial charge in [0.25, 0.3) is 5.91 Å². The predicted octanol–water partition coefficient (Wildman–Crippen LogP) is 2.52. The molecule has 2 aromatic heterocycles. The van der Waals surface area contributed by atoms with Crippen LogP contribution < -0.4 is 10.6 Å². The maximum Gasteiger partial charge on any atom is 0.339 e. The maximum atomic E-state index is 12.5. The van der Waals surface area contributed by atoms with Gasteiger partial charge in [0.2, 0.25) is 5.95 Å². The third-order valence-corrected chi connectivity index (χ3v) is 3.67. The van der Waals surface area contributed by atoms with Crippen molar-refractivity contribution in [1.29, 1.82) is 0 Å². The second kappa shape index (κ2) is 8.52. The Kier molecular flexibility index (Phi) is 5.68. The summed E-state index contributed by atoms with van der Waals surface area (Å²) in [6, 6.07) is 11.8. The SMILES string of the molecule is COC(=O)c1ccccc1NC(=O)c1ccnc(NCc2ccncc2)n1. The molecule has 8 heteroatoms. The fourth-order valence-corrected chi connectivity index (χ4v) is 2.32. The number of hydrogen-bond donors (Lipinski definition) is 2. The van der Waals surface area contributed by atoms with E-state index in [1.807, 2.05) is 12.1 Å². The van der Waals surface area contributed by atoms with Crippen LogP contribution in [-0.2, 0) is 11.3 Å². The number of anilines is 2. The molecule has 3 aromatic rings. The Balaban J connectivity index is 1.72. The highest BCUT2D eigenvalue weighted by Gasteiger charge is 2.15. The van der Waals surface area contributed by atoms with E-state index in [1.165, 1.54) is 19.4 Å². The molecule has 0 bridgehead atoms. The second-order valence-electron chi connectivity index (χ2n) is 5.47. The molecule has 1 amide bonds. The summed E-state index contributed by atoms with van der Waals surface area (Å²) in [6.07, 6.45) is 4.88. The monoisotopic (exact) mass is 363 g/mol. The number of ether oxygens (including phenoxy) is 1. The topological polar surface area (TPSA) is 106 Å². The van der Waals surface area contributed by atoms with Crippen LogP contribution in [0.15, 0.2) is 61.1 Å². The van der Waals surface area contributed by atoms with Crippen LogP contribution in [0.2, 0.25) is 0 Å². The molecule has 8 nitrogen and oxygen atoms in total. The molecule has 0 atom stereocenters. The number of nitrogens with zero attached hydrogens (tertiary/aromatic N) is 3. The van der Waals surface area contributed by atoms with Gasteiger partial charge in [0, 0.05) is 25.1 Å². The maximum absolute atomic E-state index is 12.5. The van der Waals surface area contributed by atoms with E-state index in [4.69, 9.17) is 4.74 Å². The number of para-hydroxylation sites is 1. The van der Waals surface area contributed by atoms with E-state index in [9.17, 15) is 9.59 Å². The van der Waals surface area contributed by atoms with Crippen molar-refractivity contribution in [2.24, 2.45) is 0 Å². The van der Waals surface area contributed by atoms with Crippen LogP contribution in [-0.4, -0.2) is 33.9 Å². The third kappa shape index (κ3) is 4.63. The van der Waals surface area contributed by atoms with Crippen LogP contribution in [0.3, 0.4) is 0 Å². The van der Waals surface area contributed by atoms with Gasteiger partial charge >= 0.3 is 5.97 Å². The first kappa shape index (κ1) is 18.0. The van der Waals surface area contributed by atoms with Crippen molar-refractivity contribution < 1.29 is 14.3 Å². The predicted molar refractivity (Wildman–Crippen MR) is 99.3 cm³/mol. The molecule has 3 rings (SSSR count). The van der Waals surface area contributed by atoms with Gasteiger partial charge in [-0.15, -0.1) is 0 Å². The Morgan fingerprint density at radius 2 is 1.81 bits per heavy atom. The van der Waals surface area contributed by atoms with Crippen LogP contribution in [0.25, 0.3) is 0 Å². The Bertz CT molecular complexity index is 947. The normalized spacial score (nSPS) is 10.1. The molecule has 0 unspecified atom stereocenters. The molecule has 0 radical (unpaired) electrons. The lowest BCUT2D eigenvalue weighted by Crippen LogP contribution is -2.17. The molecule has 2 N–H and O–H groups in total. The summed E-state index contributed by atoms with van der Waals surface area (Å²) in [6.45, 7) is 0.499. The molecule has 2 heterocycles. The molecule has 136 valence electrons. The number of nitrogens with one attached hydrogen (secondary N) is 2. The smallest absolute Gasteiger partial charge is 0.339 e. The summed E-state index contributed by atoms with van der Waals surface area (Å²) >= 11 is 0. The van der Waals surface area contributed by atoms with Crippen molar-refractivity contribution in [1.82, 2.24) is 15.0 Å². The van der Waals surface area contributed by atoms with Gasteiger partial charge in [-0.05, 0) is 35.9 Å². The van der Waals surface area contributed by atoms with E-state index >= 15 is 0 Å². The summed E-state index contributed by atoms with van der Waals surface area (Å²) in [4.78, 5) is 36.6. The van der Waals surface area contributed by atoms with Gasteiger partial charge in [0.15, 0.2) is 0 Å². The number of amides is 1. The minimum absolute atomic E-state index is 0.168. The van der Waals surface area contributed by atoms with Gasteiger partial charge in [0.05, 0.1) is 18.4 Å². The zero-order chi connectivity index (χ0) is 19.1. The molecule has 0 spiro atoms. The van der Waals surface area contributed by atoms with Crippen molar-refractivity contribution in [3.05, 3.63) is 77.9 Å². The third-order valence-electron chi connectivity index (χ3n) is 3.67. The van der Waals surface area contributed by atoms with Gasteiger partial charge in [-0.2, -0.15) is 0 Å². The van der Waals surface area contributed by atoms with Crippen LogP contribution in [0.4, 0.5) is 11.6 Å².